The first-order chi connectivity index (χ1) is 7.68. The quantitative estimate of drug-likeness (QED) is 0.724. The molecule has 2 N–H and O–H groups in total. The van der Waals surface area contributed by atoms with Crippen molar-refractivity contribution in [1.82, 2.24) is 4.57 Å². The second-order valence-electron chi connectivity index (χ2n) is 3.98. The third-order valence-corrected chi connectivity index (χ3v) is 2.90. The van der Waals surface area contributed by atoms with E-state index in [9.17, 15) is 15.0 Å². The van der Waals surface area contributed by atoms with Crippen molar-refractivity contribution in [2.24, 2.45) is 0 Å². The van der Waals surface area contributed by atoms with Crippen LogP contribution in [0, 0.1) is 0 Å². The maximum Gasteiger partial charge on any atom is 0.418 e. The van der Waals surface area contributed by atoms with Crippen molar-refractivity contribution in [2.45, 2.75) is 38.0 Å². The predicted octanol–water partition coefficient (Wildman–Crippen LogP) is 0.273. The van der Waals surface area contributed by atoms with Gasteiger partial charge in [0, 0.05) is 12.7 Å². The van der Waals surface area contributed by atoms with Crippen LogP contribution in [0.15, 0.2) is 33.3 Å². The third-order valence-electron chi connectivity index (χ3n) is 2.90. The zero-order valence-electron chi connectivity index (χ0n) is 8.87. The molecule has 1 aromatic heterocycles. The van der Waals surface area contributed by atoms with Crippen LogP contribution in [-0.2, 0) is 6.54 Å². The van der Waals surface area contributed by atoms with Gasteiger partial charge in [0.1, 0.15) is 12.4 Å². The SMILES string of the molecule is O=c1occn1CCC1=CCC[C@H](O)[C@@H]1O. The van der Waals surface area contributed by atoms with Gasteiger partial charge < -0.3 is 14.6 Å². The fourth-order valence-corrected chi connectivity index (χ4v) is 1.92. The van der Waals surface area contributed by atoms with Gasteiger partial charge in [0.25, 0.3) is 0 Å². The molecule has 0 aliphatic heterocycles. The van der Waals surface area contributed by atoms with Gasteiger partial charge in [-0.3, -0.25) is 4.57 Å². The monoisotopic (exact) mass is 225 g/mol. The Balaban J connectivity index is 1.98. The third kappa shape index (κ3) is 2.25. The summed E-state index contributed by atoms with van der Waals surface area (Å²) in [6.45, 7) is 0.463. The summed E-state index contributed by atoms with van der Waals surface area (Å²) in [6, 6.07) is 0. The van der Waals surface area contributed by atoms with E-state index in [1.54, 1.807) is 6.20 Å². The van der Waals surface area contributed by atoms with Crippen LogP contribution in [0.5, 0.6) is 0 Å². The first-order valence-corrected chi connectivity index (χ1v) is 5.37. The zero-order valence-corrected chi connectivity index (χ0v) is 8.87. The Morgan fingerprint density at radius 1 is 1.50 bits per heavy atom. The molecule has 1 heterocycles. The molecule has 0 radical (unpaired) electrons. The van der Waals surface area contributed by atoms with Crippen molar-refractivity contribution >= 4 is 0 Å². The minimum atomic E-state index is -0.795. The van der Waals surface area contributed by atoms with Gasteiger partial charge in [-0.15, -0.1) is 0 Å². The number of rotatable bonds is 3. The van der Waals surface area contributed by atoms with E-state index >= 15 is 0 Å². The molecule has 16 heavy (non-hydrogen) atoms. The van der Waals surface area contributed by atoms with Crippen LogP contribution in [0.2, 0.25) is 0 Å². The number of aliphatic hydroxyl groups is 2. The summed E-state index contributed by atoms with van der Waals surface area (Å²) in [5.41, 5.74) is 0.798. The van der Waals surface area contributed by atoms with Gasteiger partial charge >= 0.3 is 5.76 Å². The van der Waals surface area contributed by atoms with Crippen molar-refractivity contribution in [3.8, 4) is 0 Å². The molecule has 0 saturated carbocycles. The molecule has 5 heteroatoms. The molecule has 2 atom stereocenters. The molecular weight excluding hydrogens is 210 g/mol. The maximum absolute atomic E-state index is 11.1. The van der Waals surface area contributed by atoms with Crippen molar-refractivity contribution in [2.75, 3.05) is 0 Å². The lowest BCUT2D eigenvalue weighted by atomic mass is 9.92. The number of allylic oxidation sites excluding steroid dienone is 1. The molecular formula is C11H15NO4. The highest BCUT2D eigenvalue weighted by Gasteiger charge is 2.23. The van der Waals surface area contributed by atoms with E-state index < -0.39 is 18.0 Å². The van der Waals surface area contributed by atoms with E-state index in [4.69, 9.17) is 0 Å². The van der Waals surface area contributed by atoms with Crippen LogP contribution >= 0.6 is 0 Å². The summed E-state index contributed by atoms with van der Waals surface area (Å²) in [4.78, 5) is 11.1. The Labute approximate surface area is 92.6 Å². The molecule has 1 aromatic rings. The van der Waals surface area contributed by atoms with E-state index in [0.29, 0.717) is 19.4 Å². The van der Waals surface area contributed by atoms with Gasteiger partial charge in [0.2, 0.25) is 0 Å². The van der Waals surface area contributed by atoms with E-state index in [1.165, 1.54) is 10.8 Å². The summed E-state index contributed by atoms with van der Waals surface area (Å²) in [5, 5.41) is 19.2. The Bertz CT molecular complexity index is 431. The number of aryl methyl sites for hydroxylation is 1. The lowest BCUT2D eigenvalue weighted by molar-refractivity contribution is 0.0290. The fraction of sp³-hybridized carbons (Fsp3) is 0.545. The van der Waals surface area contributed by atoms with Crippen LogP contribution in [0.1, 0.15) is 19.3 Å². The molecule has 2 rings (SSSR count). The number of aliphatic hydroxyl groups excluding tert-OH is 2. The number of hydrogen-bond acceptors (Lipinski definition) is 4. The van der Waals surface area contributed by atoms with E-state index in [0.717, 1.165) is 12.0 Å². The molecule has 0 saturated heterocycles. The second-order valence-corrected chi connectivity index (χ2v) is 3.98. The molecule has 1 aliphatic rings. The number of nitrogens with zero attached hydrogens (tertiary/aromatic N) is 1. The van der Waals surface area contributed by atoms with Crippen molar-refractivity contribution in [3.05, 3.63) is 34.7 Å². The van der Waals surface area contributed by atoms with Crippen LogP contribution in [0.25, 0.3) is 0 Å². The van der Waals surface area contributed by atoms with Crippen molar-refractivity contribution < 1.29 is 14.6 Å². The zero-order chi connectivity index (χ0) is 11.5. The van der Waals surface area contributed by atoms with Gasteiger partial charge in [-0.25, -0.2) is 4.79 Å². The molecule has 5 nitrogen and oxygen atoms in total. The average Bonchev–Trinajstić information content (AvgIpc) is 2.67. The molecule has 0 fully saturated rings. The Kier molecular flexibility index (Phi) is 3.26. The van der Waals surface area contributed by atoms with Gasteiger partial charge in [-0.2, -0.15) is 0 Å². The molecule has 88 valence electrons. The van der Waals surface area contributed by atoms with Gasteiger partial charge in [0.15, 0.2) is 0 Å². The first kappa shape index (κ1) is 11.2. The largest absolute Gasteiger partial charge is 0.418 e. The first-order valence-electron chi connectivity index (χ1n) is 5.37. The molecule has 0 spiro atoms. The fourth-order valence-electron chi connectivity index (χ4n) is 1.92. The maximum atomic E-state index is 11.1. The number of hydrogen-bond donors (Lipinski definition) is 2. The number of aromatic nitrogens is 1. The average molecular weight is 225 g/mol. The van der Waals surface area contributed by atoms with Crippen LogP contribution in [-0.4, -0.2) is 27.0 Å². The lowest BCUT2D eigenvalue weighted by Crippen LogP contribution is -2.31. The molecule has 1 aliphatic carbocycles. The Hall–Kier alpha value is -1.33. The van der Waals surface area contributed by atoms with E-state index in [-0.39, 0.29) is 0 Å². The highest BCUT2D eigenvalue weighted by molar-refractivity contribution is 5.13. The summed E-state index contributed by atoms with van der Waals surface area (Å²) in [5.74, 6) is -0.397. The summed E-state index contributed by atoms with van der Waals surface area (Å²) < 4.78 is 6.07. The van der Waals surface area contributed by atoms with Gasteiger partial charge in [-0.1, -0.05) is 6.08 Å². The predicted molar refractivity (Wildman–Crippen MR) is 56.9 cm³/mol. The van der Waals surface area contributed by atoms with Crippen LogP contribution in [0.4, 0.5) is 0 Å². The van der Waals surface area contributed by atoms with Gasteiger partial charge in [-0.05, 0) is 24.8 Å². The minimum absolute atomic E-state index is 0.397. The summed E-state index contributed by atoms with van der Waals surface area (Å²) in [6.07, 6.45) is 5.28. The number of oxazole rings is 1. The highest BCUT2D eigenvalue weighted by Crippen LogP contribution is 2.21. The van der Waals surface area contributed by atoms with Crippen molar-refractivity contribution in [1.29, 1.82) is 0 Å². The van der Waals surface area contributed by atoms with E-state index in [1.807, 2.05) is 6.08 Å². The normalized spacial score (nSPS) is 25.5. The van der Waals surface area contributed by atoms with Crippen LogP contribution in [0.3, 0.4) is 0 Å². The molecule has 0 amide bonds. The lowest BCUT2D eigenvalue weighted by Gasteiger charge is -2.24. The Morgan fingerprint density at radius 2 is 2.31 bits per heavy atom. The molecule has 0 unspecified atom stereocenters. The second kappa shape index (κ2) is 4.67. The minimum Gasteiger partial charge on any atom is -0.416 e. The van der Waals surface area contributed by atoms with Gasteiger partial charge in [0.05, 0.1) is 6.10 Å². The molecule has 0 bridgehead atoms. The highest BCUT2D eigenvalue weighted by atomic mass is 16.4. The standard InChI is InChI=1S/C11H15NO4/c13-9-3-1-2-8(10(9)14)4-5-12-6-7-16-11(12)15/h2,6-7,9-10,13-14H,1,3-5H2/t9-,10+/m0/s1. The summed E-state index contributed by atoms with van der Waals surface area (Å²) >= 11 is 0. The smallest absolute Gasteiger partial charge is 0.416 e. The molecule has 0 aromatic carbocycles. The van der Waals surface area contributed by atoms with E-state index in [2.05, 4.69) is 4.42 Å². The summed E-state index contributed by atoms with van der Waals surface area (Å²) in [7, 11) is 0. The van der Waals surface area contributed by atoms with Crippen molar-refractivity contribution in [3.63, 3.8) is 0 Å². The Morgan fingerprint density at radius 3 is 3.00 bits per heavy atom. The topological polar surface area (TPSA) is 75.6 Å². The van der Waals surface area contributed by atoms with Crippen LogP contribution < -0.4 is 5.76 Å².